The number of amides is 1. The van der Waals surface area contributed by atoms with Gasteiger partial charge in [0.2, 0.25) is 0 Å². The predicted molar refractivity (Wildman–Crippen MR) is 97.3 cm³/mol. The van der Waals surface area contributed by atoms with Crippen molar-refractivity contribution < 1.29 is 14.1 Å². The second-order valence-electron chi connectivity index (χ2n) is 6.49. The Labute approximate surface area is 152 Å². The topological polar surface area (TPSA) is 64.4 Å². The van der Waals surface area contributed by atoms with Gasteiger partial charge in [0.1, 0.15) is 11.3 Å². The summed E-state index contributed by atoms with van der Waals surface area (Å²) in [7, 11) is 0. The Morgan fingerprint density at radius 2 is 2.08 bits per heavy atom. The van der Waals surface area contributed by atoms with E-state index < -0.39 is 0 Å². The number of nitrogens with one attached hydrogen (secondary N) is 1. The van der Waals surface area contributed by atoms with Crippen molar-refractivity contribution in [3.05, 3.63) is 82.7 Å². The van der Waals surface area contributed by atoms with Crippen LogP contribution in [0.2, 0.25) is 0 Å². The Hall–Kier alpha value is -3.08. The van der Waals surface area contributed by atoms with Gasteiger partial charge in [-0.05, 0) is 35.7 Å². The van der Waals surface area contributed by atoms with E-state index in [4.69, 9.17) is 9.26 Å². The molecule has 1 aliphatic rings. The van der Waals surface area contributed by atoms with Gasteiger partial charge in [0.25, 0.3) is 5.91 Å². The van der Waals surface area contributed by atoms with Gasteiger partial charge in [-0.15, -0.1) is 0 Å². The van der Waals surface area contributed by atoms with E-state index in [0.29, 0.717) is 17.7 Å². The first-order chi connectivity index (χ1) is 12.7. The Bertz CT molecular complexity index is 918. The largest absolute Gasteiger partial charge is 0.493 e. The van der Waals surface area contributed by atoms with Gasteiger partial charge in [0.05, 0.1) is 18.8 Å². The molecule has 2 aromatic carbocycles. The molecular weight excluding hydrogens is 328 g/mol. The number of ether oxygens (including phenoxy) is 1. The number of carbonyl (C=O) groups excluding carboxylic acids is 1. The molecule has 0 radical (unpaired) electrons. The van der Waals surface area contributed by atoms with Gasteiger partial charge < -0.3 is 14.6 Å². The van der Waals surface area contributed by atoms with E-state index in [1.807, 2.05) is 49.4 Å². The highest BCUT2D eigenvalue weighted by Crippen LogP contribution is 2.28. The summed E-state index contributed by atoms with van der Waals surface area (Å²) in [5.74, 6) is 1.33. The fraction of sp³-hybridized carbons (Fsp3) is 0.238. The first kappa shape index (κ1) is 16.4. The van der Waals surface area contributed by atoms with Crippen molar-refractivity contribution >= 4 is 5.91 Å². The van der Waals surface area contributed by atoms with Crippen LogP contribution in [0.25, 0.3) is 0 Å². The maximum Gasteiger partial charge on any atom is 0.257 e. The minimum absolute atomic E-state index is 0.118. The molecule has 1 N–H and O–H groups in total. The summed E-state index contributed by atoms with van der Waals surface area (Å²) < 4.78 is 10.8. The molecule has 0 unspecified atom stereocenters. The molecule has 1 aliphatic heterocycles. The third kappa shape index (κ3) is 3.33. The van der Waals surface area contributed by atoms with Crippen LogP contribution in [0.5, 0.6) is 5.75 Å². The van der Waals surface area contributed by atoms with Gasteiger partial charge in [-0.25, -0.2) is 0 Å². The molecule has 5 nitrogen and oxygen atoms in total. The maximum atomic E-state index is 12.7. The van der Waals surface area contributed by atoms with Gasteiger partial charge in [-0.2, -0.15) is 0 Å². The van der Waals surface area contributed by atoms with Crippen molar-refractivity contribution in [2.75, 3.05) is 6.61 Å². The molecule has 2 heterocycles. The van der Waals surface area contributed by atoms with Crippen LogP contribution < -0.4 is 10.1 Å². The number of benzene rings is 2. The first-order valence-electron chi connectivity index (χ1n) is 8.74. The molecule has 1 amide bonds. The maximum absolute atomic E-state index is 12.7. The monoisotopic (exact) mass is 348 g/mol. The lowest BCUT2D eigenvalue weighted by Crippen LogP contribution is -2.27. The molecule has 3 aromatic rings. The quantitative estimate of drug-likeness (QED) is 0.764. The van der Waals surface area contributed by atoms with Crippen molar-refractivity contribution in [1.82, 2.24) is 10.5 Å². The summed E-state index contributed by atoms with van der Waals surface area (Å²) in [6.45, 7) is 2.70. The van der Waals surface area contributed by atoms with E-state index in [-0.39, 0.29) is 11.9 Å². The highest BCUT2D eigenvalue weighted by atomic mass is 16.5. The fourth-order valence-electron chi connectivity index (χ4n) is 3.19. The SMILES string of the molecule is C[C@H](NC(=O)c1cnoc1Cc1ccccc1)c1ccc2c(c1)CCO2. The number of nitrogens with zero attached hydrogens (tertiary/aromatic N) is 1. The number of fused-ring (bicyclic) bond motifs is 1. The normalized spacial score (nSPS) is 13.7. The molecule has 1 atom stereocenters. The van der Waals surface area contributed by atoms with Crippen LogP contribution in [-0.2, 0) is 12.8 Å². The van der Waals surface area contributed by atoms with Crippen LogP contribution in [0.1, 0.15) is 45.8 Å². The third-order valence-corrected chi connectivity index (χ3v) is 4.66. The molecule has 0 saturated heterocycles. The fourth-order valence-corrected chi connectivity index (χ4v) is 3.19. The van der Waals surface area contributed by atoms with E-state index in [0.717, 1.165) is 29.9 Å². The Kier molecular flexibility index (Phi) is 4.44. The molecule has 0 bridgehead atoms. The third-order valence-electron chi connectivity index (χ3n) is 4.66. The average molecular weight is 348 g/mol. The van der Waals surface area contributed by atoms with Crippen LogP contribution in [0.4, 0.5) is 0 Å². The smallest absolute Gasteiger partial charge is 0.257 e. The van der Waals surface area contributed by atoms with Crippen molar-refractivity contribution in [3.63, 3.8) is 0 Å². The zero-order chi connectivity index (χ0) is 17.9. The summed E-state index contributed by atoms with van der Waals surface area (Å²) in [6, 6.07) is 15.8. The van der Waals surface area contributed by atoms with E-state index in [1.54, 1.807) is 0 Å². The van der Waals surface area contributed by atoms with Gasteiger partial charge in [-0.1, -0.05) is 41.6 Å². The molecule has 4 rings (SSSR count). The summed E-state index contributed by atoms with van der Waals surface area (Å²) in [4.78, 5) is 12.7. The van der Waals surface area contributed by atoms with Gasteiger partial charge >= 0.3 is 0 Å². The zero-order valence-electron chi connectivity index (χ0n) is 14.6. The van der Waals surface area contributed by atoms with Crippen molar-refractivity contribution in [2.24, 2.45) is 0 Å². The second-order valence-corrected chi connectivity index (χ2v) is 6.49. The lowest BCUT2D eigenvalue weighted by atomic mass is 10.0. The minimum Gasteiger partial charge on any atom is -0.493 e. The van der Waals surface area contributed by atoms with Gasteiger partial charge in [0.15, 0.2) is 5.76 Å². The predicted octanol–water partition coefficient (Wildman–Crippen LogP) is 3.69. The van der Waals surface area contributed by atoms with E-state index in [2.05, 4.69) is 16.5 Å². The molecule has 0 spiro atoms. The Morgan fingerprint density at radius 1 is 1.23 bits per heavy atom. The molecule has 0 aliphatic carbocycles. The van der Waals surface area contributed by atoms with Crippen molar-refractivity contribution in [3.8, 4) is 5.75 Å². The lowest BCUT2D eigenvalue weighted by molar-refractivity contribution is 0.0938. The second kappa shape index (κ2) is 7.04. The molecule has 0 saturated carbocycles. The van der Waals surface area contributed by atoms with Crippen LogP contribution in [0.15, 0.2) is 59.3 Å². The molecule has 1 aromatic heterocycles. The standard InChI is InChI=1S/C21H20N2O3/c1-14(16-7-8-19-17(12-16)9-10-25-19)23-21(24)18-13-22-26-20(18)11-15-5-3-2-4-6-15/h2-8,12-14H,9-11H2,1H3,(H,23,24)/t14-/m0/s1. The zero-order valence-corrected chi connectivity index (χ0v) is 14.6. The van der Waals surface area contributed by atoms with Crippen molar-refractivity contribution in [2.45, 2.75) is 25.8 Å². The van der Waals surface area contributed by atoms with Crippen LogP contribution in [-0.4, -0.2) is 17.7 Å². The molecule has 5 heteroatoms. The molecule has 132 valence electrons. The van der Waals surface area contributed by atoms with E-state index in [9.17, 15) is 4.79 Å². The molecule has 26 heavy (non-hydrogen) atoms. The number of rotatable bonds is 5. The van der Waals surface area contributed by atoms with Crippen LogP contribution >= 0.6 is 0 Å². The average Bonchev–Trinajstić information content (AvgIpc) is 3.30. The highest BCUT2D eigenvalue weighted by molar-refractivity contribution is 5.95. The van der Waals surface area contributed by atoms with E-state index in [1.165, 1.54) is 11.8 Å². The summed E-state index contributed by atoms with van der Waals surface area (Å²) in [6.07, 6.45) is 2.93. The van der Waals surface area contributed by atoms with Gasteiger partial charge in [-0.3, -0.25) is 4.79 Å². The summed E-state index contributed by atoms with van der Waals surface area (Å²) >= 11 is 0. The number of aromatic nitrogens is 1. The number of hydrogen-bond donors (Lipinski definition) is 1. The van der Waals surface area contributed by atoms with Gasteiger partial charge in [0, 0.05) is 12.8 Å². The number of carbonyl (C=O) groups is 1. The molecule has 0 fully saturated rings. The lowest BCUT2D eigenvalue weighted by Gasteiger charge is -2.15. The van der Waals surface area contributed by atoms with E-state index >= 15 is 0 Å². The highest BCUT2D eigenvalue weighted by Gasteiger charge is 2.20. The number of hydrogen-bond acceptors (Lipinski definition) is 4. The summed E-state index contributed by atoms with van der Waals surface area (Å²) in [5.41, 5.74) is 3.80. The van der Waals surface area contributed by atoms with Crippen molar-refractivity contribution in [1.29, 1.82) is 0 Å². The van der Waals surface area contributed by atoms with Crippen LogP contribution in [0.3, 0.4) is 0 Å². The van der Waals surface area contributed by atoms with Crippen LogP contribution in [0, 0.1) is 0 Å². The summed E-state index contributed by atoms with van der Waals surface area (Å²) in [5, 5.41) is 6.85. The molecular formula is C21H20N2O3. The minimum atomic E-state index is -0.179. The Balaban J connectivity index is 1.47. The Morgan fingerprint density at radius 3 is 2.92 bits per heavy atom. The first-order valence-corrected chi connectivity index (χ1v) is 8.74.